The average Bonchev–Trinajstić information content (AvgIpc) is 3.51. The van der Waals surface area contributed by atoms with Gasteiger partial charge in [-0.2, -0.15) is 5.10 Å². The van der Waals surface area contributed by atoms with Gasteiger partial charge in [0, 0.05) is 50.2 Å². The largest absolute Gasteiger partial charge is 0.381 e. The summed E-state index contributed by atoms with van der Waals surface area (Å²) in [6.07, 6.45) is 8.11. The molecule has 1 fully saturated rings. The highest BCUT2D eigenvalue weighted by Crippen LogP contribution is 2.21. The third-order valence-corrected chi connectivity index (χ3v) is 5.24. The lowest BCUT2D eigenvalue weighted by molar-refractivity contribution is -0.385. The lowest BCUT2D eigenvalue weighted by Gasteiger charge is -2.25. The van der Waals surface area contributed by atoms with E-state index in [0.29, 0.717) is 0 Å². The molecule has 0 aliphatic carbocycles. The first-order valence-electron chi connectivity index (χ1n) is 11.4. The minimum Gasteiger partial charge on any atom is -0.381 e. The number of benzene rings is 2. The number of rotatable bonds is 4. The molecule has 0 bridgehead atoms. The van der Waals surface area contributed by atoms with E-state index in [4.69, 9.17) is 4.74 Å². The minimum absolute atomic E-state index is 0. The second-order valence-electron chi connectivity index (χ2n) is 7.75. The van der Waals surface area contributed by atoms with E-state index in [1.165, 1.54) is 37.1 Å². The zero-order valence-electron chi connectivity index (χ0n) is 19.4. The number of hydrazine groups is 1. The van der Waals surface area contributed by atoms with Crippen LogP contribution < -0.4 is 15.4 Å². The van der Waals surface area contributed by atoms with Gasteiger partial charge < -0.3 is 4.74 Å². The third kappa shape index (κ3) is 8.95. The smallest absolute Gasteiger partial charge is 0.269 e. The Bertz CT molecular complexity index is 1000. The van der Waals surface area contributed by atoms with Crippen molar-refractivity contribution in [2.24, 2.45) is 10.1 Å². The van der Waals surface area contributed by atoms with Crippen molar-refractivity contribution in [2.45, 2.75) is 33.1 Å². The Morgan fingerprint density at radius 2 is 1.42 bits per heavy atom. The number of hydrogen-bond donors (Lipinski definition) is 1. The molecule has 5 rings (SSSR count). The molecule has 3 aliphatic heterocycles. The molecule has 3 heterocycles. The normalized spacial score (nSPS) is 15.9. The Labute approximate surface area is 210 Å². The van der Waals surface area contributed by atoms with E-state index in [2.05, 4.69) is 15.5 Å². The van der Waals surface area contributed by atoms with Crippen molar-refractivity contribution >= 4 is 35.3 Å². The standard InChI is InChI=1S/C10H11N3O2.C9H10N4O2.C4H8O.CH4/c14-13(15)10-5-3-9(4-6-10)12-8-2-1-7-11-12;14-13(15)9-3-1-8(2-4-9)12-6-5-10-7-11-12;1-2-4-5-3-1;/h3-7H,1-2,8H2;1-4,7H,5-6H2,(H,10,11);1-4H2;1H4. The Morgan fingerprint density at radius 1 is 0.833 bits per heavy atom. The van der Waals surface area contributed by atoms with Crippen molar-refractivity contribution in [3.05, 3.63) is 68.8 Å². The van der Waals surface area contributed by atoms with Crippen molar-refractivity contribution in [1.29, 1.82) is 0 Å². The summed E-state index contributed by atoms with van der Waals surface area (Å²) in [7, 11) is 0. The van der Waals surface area contributed by atoms with Crippen LogP contribution in [0.3, 0.4) is 0 Å². The third-order valence-electron chi connectivity index (χ3n) is 5.24. The van der Waals surface area contributed by atoms with Crippen LogP contribution >= 0.6 is 0 Å². The number of hydrazone groups is 1. The molecule has 2 aromatic rings. The molecule has 0 amide bonds. The summed E-state index contributed by atoms with van der Waals surface area (Å²) >= 11 is 0. The predicted molar refractivity (Wildman–Crippen MR) is 142 cm³/mol. The molecule has 12 heteroatoms. The van der Waals surface area contributed by atoms with Gasteiger partial charge in [-0.3, -0.25) is 40.7 Å². The van der Waals surface area contributed by atoms with E-state index >= 15 is 0 Å². The molecule has 2 aromatic carbocycles. The van der Waals surface area contributed by atoms with Crippen molar-refractivity contribution in [3.8, 4) is 0 Å². The highest BCUT2D eigenvalue weighted by atomic mass is 16.6. The molecule has 0 saturated carbocycles. The molecule has 0 spiro atoms. The Hall–Kier alpha value is -4.06. The summed E-state index contributed by atoms with van der Waals surface area (Å²) in [6, 6.07) is 12.8. The number of nitro groups is 2. The molecule has 0 radical (unpaired) electrons. The summed E-state index contributed by atoms with van der Waals surface area (Å²) in [6.45, 7) is 4.35. The van der Waals surface area contributed by atoms with Crippen LogP contribution in [0.5, 0.6) is 0 Å². The van der Waals surface area contributed by atoms with E-state index in [0.717, 1.165) is 57.1 Å². The van der Waals surface area contributed by atoms with Gasteiger partial charge in [-0.1, -0.05) is 7.43 Å². The molecule has 36 heavy (non-hydrogen) atoms. The summed E-state index contributed by atoms with van der Waals surface area (Å²) in [5.41, 5.74) is 4.96. The van der Waals surface area contributed by atoms with Crippen LogP contribution in [-0.4, -0.2) is 55.2 Å². The SMILES string of the molecule is C.C1CCOC1.O=[N+]([O-])c1ccc(N2CCCC=N2)cc1.O=[N+]([O-])c1ccc(N2CCN=CN2)cc1. The van der Waals surface area contributed by atoms with Crippen LogP contribution in [0.2, 0.25) is 0 Å². The zero-order chi connectivity index (χ0) is 24.9. The second-order valence-corrected chi connectivity index (χ2v) is 7.75. The molecular weight excluding hydrogens is 466 g/mol. The van der Waals surface area contributed by atoms with Gasteiger partial charge in [-0.05, 0) is 49.9 Å². The van der Waals surface area contributed by atoms with E-state index < -0.39 is 9.85 Å². The topological polar surface area (TPSA) is 139 Å². The maximum atomic E-state index is 10.5. The zero-order valence-corrected chi connectivity index (χ0v) is 19.4. The summed E-state index contributed by atoms with van der Waals surface area (Å²) in [4.78, 5) is 24.1. The molecular formula is C24H33N7O5. The number of anilines is 2. The van der Waals surface area contributed by atoms with Gasteiger partial charge in [0.1, 0.15) is 6.34 Å². The number of nitro benzene ring substituents is 2. The summed E-state index contributed by atoms with van der Waals surface area (Å²) in [5, 5.41) is 28.8. The fraction of sp³-hybridized carbons (Fsp3) is 0.417. The number of aliphatic imine (C=N–C) groups is 1. The summed E-state index contributed by atoms with van der Waals surface area (Å²) < 4.78 is 4.94. The van der Waals surface area contributed by atoms with Gasteiger partial charge in [-0.25, -0.2) is 0 Å². The van der Waals surface area contributed by atoms with Gasteiger partial charge >= 0.3 is 0 Å². The minimum atomic E-state index is -0.408. The van der Waals surface area contributed by atoms with Gasteiger partial charge in [0.05, 0.1) is 34.3 Å². The lowest BCUT2D eigenvalue weighted by atomic mass is 10.2. The maximum Gasteiger partial charge on any atom is 0.269 e. The van der Waals surface area contributed by atoms with Crippen molar-refractivity contribution in [2.75, 3.05) is 42.9 Å². The number of nitrogens with one attached hydrogen (secondary N) is 1. The molecule has 12 nitrogen and oxygen atoms in total. The van der Waals surface area contributed by atoms with Gasteiger partial charge in [0.15, 0.2) is 0 Å². The van der Waals surface area contributed by atoms with Crippen LogP contribution in [0.4, 0.5) is 22.7 Å². The van der Waals surface area contributed by atoms with Crippen LogP contribution in [0.15, 0.2) is 58.6 Å². The van der Waals surface area contributed by atoms with Crippen molar-refractivity contribution < 1.29 is 14.6 Å². The monoisotopic (exact) mass is 499 g/mol. The second kappa shape index (κ2) is 15.0. The summed E-state index contributed by atoms with van der Waals surface area (Å²) in [5.74, 6) is 0. The molecule has 194 valence electrons. The first-order chi connectivity index (χ1) is 17.0. The highest BCUT2D eigenvalue weighted by molar-refractivity contribution is 5.63. The van der Waals surface area contributed by atoms with Crippen molar-refractivity contribution in [1.82, 2.24) is 5.43 Å². The van der Waals surface area contributed by atoms with Crippen molar-refractivity contribution in [3.63, 3.8) is 0 Å². The number of nitrogens with zero attached hydrogens (tertiary/aromatic N) is 6. The van der Waals surface area contributed by atoms with Crippen LogP contribution in [-0.2, 0) is 4.74 Å². The Balaban J connectivity index is 0.000000208. The van der Waals surface area contributed by atoms with E-state index in [1.54, 1.807) is 30.6 Å². The van der Waals surface area contributed by atoms with E-state index in [9.17, 15) is 20.2 Å². The van der Waals surface area contributed by atoms with Crippen LogP contribution in [0.1, 0.15) is 33.1 Å². The lowest BCUT2D eigenvalue weighted by Crippen LogP contribution is -2.42. The fourth-order valence-corrected chi connectivity index (χ4v) is 3.35. The fourth-order valence-electron chi connectivity index (χ4n) is 3.35. The number of non-ortho nitro benzene ring substituents is 2. The van der Waals surface area contributed by atoms with Crippen LogP contribution in [0.25, 0.3) is 0 Å². The maximum absolute atomic E-state index is 10.5. The molecule has 0 unspecified atom stereocenters. The number of ether oxygens (including phenoxy) is 1. The van der Waals surface area contributed by atoms with Gasteiger partial charge in [0.2, 0.25) is 0 Å². The number of hydrogen-bond acceptors (Lipinski definition) is 10. The first-order valence-corrected chi connectivity index (χ1v) is 11.4. The average molecular weight is 500 g/mol. The molecule has 0 aromatic heterocycles. The molecule has 1 N–H and O–H groups in total. The predicted octanol–water partition coefficient (Wildman–Crippen LogP) is 4.56. The molecule has 0 atom stereocenters. The molecule has 3 aliphatic rings. The first kappa shape index (κ1) is 28.2. The van der Waals surface area contributed by atoms with Gasteiger partial charge in [0.25, 0.3) is 11.4 Å². The Kier molecular flexibility index (Phi) is 11.8. The van der Waals surface area contributed by atoms with Gasteiger partial charge in [-0.15, -0.1) is 0 Å². The molecule has 1 saturated heterocycles. The van der Waals surface area contributed by atoms with E-state index in [-0.39, 0.29) is 18.8 Å². The quantitative estimate of drug-likeness (QED) is 0.477. The van der Waals surface area contributed by atoms with Crippen LogP contribution in [0, 0.1) is 20.2 Å². The Morgan fingerprint density at radius 3 is 1.83 bits per heavy atom. The highest BCUT2D eigenvalue weighted by Gasteiger charge is 2.11. The van der Waals surface area contributed by atoms with E-state index in [1.807, 2.05) is 16.2 Å².